The highest BCUT2D eigenvalue weighted by Crippen LogP contribution is 2.41. The summed E-state index contributed by atoms with van der Waals surface area (Å²) in [5, 5.41) is 14.8. The van der Waals surface area contributed by atoms with Gasteiger partial charge in [0.15, 0.2) is 5.82 Å². The molecule has 188 valence electrons. The van der Waals surface area contributed by atoms with Crippen molar-refractivity contribution in [3.8, 4) is 34.2 Å². The number of rotatable bonds is 6. The predicted molar refractivity (Wildman–Crippen MR) is 154 cm³/mol. The molecule has 0 aliphatic rings. The zero-order valence-corrected chi connectivity index (χ0v) is 23.4. The maximum Gasteiger partial charge on any atom is 0.266 e. The van der Waals surface area contributed by atoms with Crippen molar-refractivity contribution in [2.75, 3.05) is 11.1 Å². The number of carbonyl (C=O) groups is 1. The Hall–Kier alpha value is -3.93. The summed E-state index contributed by atoms with van der Waals surface area (Å²) in [5.41, 5.74) is 9.67. The van der Waals surface area contributed by atoms with E-state index in [4.69, 9.17) is 15.1 Å². The number of nitriles is 1. The van der Waals surface area contributed by atoms with E-state index in [-0.39, 0.29) is 22.3 Å². The first kappa shape index (κ1) is 26.1. The lowest BCUT2D eigenvalue weighted by Gasteiger charge is -2.37. The molecule has 0 fully saturated rings. The number of nitrogens with one attached hydrogen (secondary N) is 1. The van der Waals surface area contributed by atoms with E-state index < -0.39 is 8.32 Å². The van der Waals surface area contributed by atoms with Crippen molar-refractivity contribution < 1.29 is 9.22 Å². The third-order valence-corrected chi connectivity index (χ3v) is 11.9. The first-order valence-electron chi connectivity index (χ1n) is 11.9. The molecule has 0 spiro atoms. The van der Waals surface area contributed by atoms with Crippen LogP contribution in [-0.4, -0.2) is 19.2 Å². The molecule has 0 saturated heterocycles. The van der Waals surface area contributed by atoms with Crippen molar-refractivity contribution in [1.82, 2.24) is 4.98 Å². The average Bonchev–Trinajstić information content (AvgIpc) is 3.38. The lowest BCUT2D eigenvalue weighted by atomic mass is 9.97. The van der Waals surface area contributed by atoms with Gasteiger partial charge in [0.2, 0.25) is 0 Å². The molecule has 3 N–H and O–H groups in total. The Morgan fingerprint density at radius 1 is 1.05 bits per heavy atom. The maximum absolute atomic E-state index is 13.0. The van der Waals surface area contributed by atoms with Gasteiger partial charge >= 0.3 is 0 Å². The molecule has 4 aromatic rings. The lowest BCUT2D eigenvalue weighted by molar-refractivity contribution is 0.103. The van der Waals surface area contributed by atoms with Gasteiger partial charge in [-0.25, -0.2) is 4.98 Å². The van der Waals surface area contributed by atoms with E-state index in [0.29, 0.717) is 21.8 Å². The van der Waals surface area contributed by atoms with Crippen LogP contribution in [0, 0.1) is 11.3 Å². The number of para-hydroxylation sites is 1. The number of nitrogens with two attached hydrogens (primary N) is 1. The van der Waals surface area contributed by atoms with Crippen LogP contribution in [0.5, 0.6) is 5.75 Å². The summed E-state index contributed by atoms with van der Waals surface area (Å²) < 4.78 is 6.68. The molecule has 0 bridgehead atoms. The smallest absolute Gasteiger partial charge is 0.266 e. The molecule has 2 aromatic carbocycles. The van der Waals surface area contributed by atoms with E-state index >= 15 is 0 Å². The molecule has 1 amide bonds. The number of nitrogen functional groups attached to an aromatic ring is 1. The Balaban J connectivity index is 1.91. The fraction of sp³-hybridized carbons (Fsp3) is 0.207. The van der Waals surface area contributed by atoms with Crippen LogP contribution >= 0.6 is 11.3 Å². The molecule has 0 aliphatic carbocycles. The fourth-order valence-electron chi connectivity index (χ4n) is 3.59. The quantitative estimate of drug-likeness (QED) is 0.199. The standard InChI is InChI=1S/C29H30N4O2SSi/c1-29(2,3)37(4,5)35-25-13-7-6-12-21(25)24-17-22(19-10-8-11-20(31)16-19)23(18-30)27(32-24)33-28(34)26-14-9-15-36-26/h6-17H,31H2,1-5H3,(H,32,33,34). The summed E-state index contributed by atoms with van der Waals surface area (Å²) in [5.74, 6) is 0.596. The number of benzene rings is 2. The second kappa shape index (κ2) is 10.2. The van der Waals surface area contributed by atoms with E-state index in [9.17, 15) is 10.1 Å². The van der Waals surface area contributed by atoms with Gasteiger partial charge in [-0.3, -0.25) is 4.79 Å². The van der Waals surface area contributed by atoms with E-state index in [1.165, 1.54) is 11.3 Å². The number of hydrogen-bond acceptors (Lipinski definition) is 6. The Bertz CT molecular complexity index is 1480. The topological polar surface area (TPSA) is 101 Å². The second-order valence-electron chi connectivity index (χ2n) is 10.3. The number of nitrogens with zero attached hydrogens (tertiary/aromatic N) is 2. The molecular weight excluding hydrogens is 496 g/mol. The van der Waals surface area contributed by atoms with Crippen LogP contribution in [0.1, 0.15) is 36.0 Å². The minimum absolute atomic E-state index is 0.00474. The molecule has 0 unspecified atom stereocenters. The fourth-order valence-corrected chi connectivity index (χ4v) is 5.25. The van der Waals surface area contributed by atoms with Gasteiger partial charge < -0.3 is 15.5 Å². The summed E-state index contributed by atoms with van der Waals surface area (Å²) in [6, 6.07) is 22.7. The zero-order valence-electron chi connectivity index (χ0n) is 21.6. The molecular formula is C29H30N4O2SSi. The highest BCUT2D eigenvalue weighted by molar-refractivity contribution is 7.12. The minimum atomic E-state index is -2.15. The molecule has 2 heterocycles. The van der Waals surface area contributed by atoms with Crippen LogP contribution in [0.4, 0.5) is 11.5 Å². The monoisotopic (exact) mass is 526 g/mol. The van der Waals surface area contributed by atoms with Crippen molar-refractivity contribution >= 4 is 37.1 Å². The van der Waals surface area contributed by atoms with E-state index in [2.05, 4.69) is 45.3 Å². The van der Waals surface area contributed by atoms with Crippen LogP contribution in [-0.2, 0) is 0 Å². The Morgan fingerprint density at radius 3 is 2.46 bits per heavy atom. The third kappa shape index (κ3) is 5.58. The van der Waals surface area contributed by atoms with Gasteiger partial charge in [0.25, 0.3) is 14.2 Å². The number of hydrogen-bond donors (Lipinski definition) is 2. The maximum atomic E-state index is 13.0. The highest BCUT2D eigenvalue weighted by Gasteiger charge is 2.39. The van der Waals surface area contributed by atoms with Crippen molar-refractivity contribution in [1.29, 1.82) is 5.26 Å². The van der Waals surface area contributed by atoms with Gasteiger partial charge in [0.1, 0.15) is 17.4 Å². The SMILES string of the molecule is CC(C)(C)[Si](C)(C)Oc1ccccc1-c1cc(-c2cccc(N)c2)c(C#N)c(NC(=O)c2cccs2)n1. The first-order valence-corrected chi connectivity index (χ1v) is 15.7. The second-order valence-corrected chi connectivity index (χ2v) is 16.0. The zero-order chi connectivity index (χ0) is 26.8. The van der Waals surface area contributed by atoms with Gasteiger partial charge in [-0.1, -0.05) is 51.1 Å². The van der Waals surface area contributed by atoms with Crippen LogP contribution in [0.15, 0.2) is 72.1 Å². The van der Waals surface area contributed by atoms with Gasteiger partial charge in [0, 0.05) is 16.8 Å². The lowest BCUT2D eigenvalue weighted by Crippen LogP contribution is -2.44. The van der Waals surface area contributed by atoms with Crippen molar-refractivity contribution in [3.63, 3.8) is 0 Å². The molecule has 6 nitrogen and oxygen atoms in total. The largest absolute Gasteiger partial charge is 0.543 e. The first-order chi connectivity index (χ1) is 17.5. The van der Waals surface area contributed by atoms with Gasteiger partial charge in [0.05, 0.1) is 10.6 Å². The summed E-state index contributed by atoms with van der Waals surface area (Å²) >= 11 is 1.32. The van der Waals surface area contributed by atoms with E-state index in [1.54, 1.807) is 18.2 Å². The van der Waals surface area contributed by atoms with E-state index in [1.807, 2.05) is 53.9 Å². The molecule has 2 aromatic heterocycles. The number of pyridine rings is 1. The van der Waals surface area contributed by atoms with E-state index in [0.717, 1.165) is 16.9 Å². The molecule has 37 heavy (non-hydrogen) atoms. The van der Waals surface area contributed by atoms with Crippen molar-refractivity contribution in [2.24, 2.45) is 0 Å². The third-order valence-electron chi connectivity index (χ3n) is 6.64. The van der Waals surface area contributed by atoms with Crippen LogP contribution < -0.4 is 15.5 Å². The van der Waals surface area contributed by atoms with Gasteiger partial charge in [-0.05, 0) is 65.5 Å². The minimum Gasteiger partial charge on any atom is -0.543 e. The van der Waals surface area contributed by atoms with Crippen molar-refractivity contribution in [2.45, 2.75) is 38.9 Å². The Kier molecular flexibility index (Phi) is 7.21. The number of thiophene rings is 1. The molecule has 0 radical (unpaired) electrons. The highest BCUT2D eigenvalue weighted by atomic mass is 32.1. The Labute approximate surface area is 222 Å². The molecule has 0 saturated carbocycles. The van der Waals surface area contributed by atoms with Gasteiger partial charge in [-0.15, -0.1) is 11.3 Å². The summed E-state index contributed by atoms with van der Waals surface area (Å²) in [7, 11) is -2.15. The molecule has 0 aliphatic heterocycles. The van der Waals surface area contributed by atoms with Crippen LogP contribution in [0.3, 0.4) is 0 Å². The van der Waals surface area contributed by atoms with Crippen LogP contribution in [0.2, 0.25) is 18.1 Å². The number of carbonyl (C=O) groups excluding carboxylic acids is 1. The summed E-state index contributed by atoms with van der Waals surface area (Å²) in [6.45, 7) is 11.0. The molecule has 0 atom stereocenters. The number of aromatic nitrogens is 1. The normalized spacial score (nSPS) is 11.6. The average molecular weight is 527 g/mol. The number of anilines is 2. The molecule has 4 rings (SSSR count). The summed E-state index contributed by atoms with van der Waals surface area (Å²) in [4.78, 5) is 18.3. The predicted octanol–water partition coefficient (Wildman–Crippen LogP) is 7.57. The molecule has 8 heteroatoms. The van der Waals surface area contributed by atoms with Crippen LogP contribution in [0.25, 0.3) is 22.4 Å². The summed E-state index contributed by atoms with van der Waals surface area (Å²) in [6.07, 6.45) is 0. The number of amides is 1. The van der Waals surface area contributed by atoms with Gasteiger partial charge in [-0.2, -0.15) is 5.26 Å². The van der Waals surface area contributed by atoms with Crippen molar-refractivity contribution in [3.05, 3.63) is 82.6 Å². The Morgan fingerprint density at radius 2 is 1.81 bits per heavy atom.